The first-order valence-electron chi connectivity index (χ1n) is 6.11. The highest BCUT2D eigenvalue weighted by atomic mass is 16.2. The Balaban J connectivity index is 2.31. The number of aliphatic imine (C=N–C) groups is 2. The number of piperazine rings is 1. The summed E-state index contributed by atoms with van der Waals surface area (Å²) in [6.45, 7) is 1.59. The van der Waals surface area contributed by atoms with E-state index >= 15 is 0 Å². The first-order valence-corrected chi connectivity index (χ1v) is 6.11. The quantitative estimate of drug-likeness (QED) is 0.399. The number of anilines is 1. The lowest BCUT2D eigenvalue weighted by atomic mass is 10.2. The van der Waals surface area contributed by atoms with E-state index in [1.165, 1.54) is 0 Å². The summed E-state index contributed by atoms with van der Waals surface area (Å²) in [5.41, 5.74) is 17.6. The molecule has 1 fully saturated rings. The van der Waals surface area contributed by atoms with Crippen molar-refractivity contribution in [3.8, 4) is 0 Å². The van der Waals surface area contributed by atoms with Crippen LogP contribution in [0.1, 0.15) is 0 Å². The molecule has 0 aliphatic carbocycles. The van der Waals surface area contributed by atoms with Crippen LogP contribution in [0.25, 0.3) is 0 Å². The third-order valence-corrected chi connectivity index (χ3v) is 2.74. The maximum absolute atomic E-state index is 11.5. The average molecular weight is 275 g/mol. The Hall–Kier alpha value is -2.77. The summed E-state index contributed by atoms with van der Waals surface area (Å²) < 4.78 is 0. The zero-order chi connectivity index (χ0) is 14.5. The highest BCUT2D eigenvalue weighted by Gasteiger charge is 2.18. The molecular formula is C12H17N7O. The molecule has 106 valence electrons. The number of carbonyl (C=O) groups excluding carboxylic acids is 1. The summed E-state index contributed by atoms with van der Waals surface area (Å²) in [6, 6.07) is 7.37. The Morgan fingerprint density at radius 2 is 2.00 bits per heavy atom. The molecule has 7 N–H and O–H groups in total. The first-order chi connectivity index (χ1) is 9.56. The van der Waals surface area contributed by atoms with E-state index in [9.17, 15) is 4.79 Å². The van der Waals surface area contributed by atoms with Gasteiger partial charge in [0, 0.05) is 13.1 Å². The highest BCUT2D eigenvalue weighted by Crippen LogP contribution is 2.28. The Bertz CT molecular complexity index is 563. The third-order valence-electron chi connectivity index (χ3n) is 2.74. The fraction of sp³-hybridized carbons (Fsp3) is 0.250. The molecule has 1 aromatic carbocycles. The standard InChI is InChI=1S/C12H17N7O/c13-11(14)18-12(15)17-8-3-1-2-4-9(8)19-6-5-16-10(20)7-19/h1-4H,5-7H2,(H,16,20)(H6,13,14,15,17,18). The van der Waals surface area contributed by atoms with Gasteiger partial charge in [-0.25, -0.2) is 4.99 Å². The van der Waals surface area contributed by atoms with Crippen LogP contribution >= 0.6 is 0 Å². The molecule has 1 amide bonds. The van der Waals surface area contributed by atoms with Crippen LogP contribution in [0.5, 0.6) is 0 Å². The van der Waals surface area contributed by atoms with E-state index in [1.54, 1.807) is 6.07 Å². The van der Waals surface area contributed by atoms with Crippen LogP contribution < -0.4 is 27.4 Å². The molecule has 1 heterocycles. The minimum atomic E-state index is -0.152. The van der Waals surface area contributed by atoms with Gasteiger partial charge in [0.2, 0.25) is 11.9 Å². The van der Waals surface area contributed by atoms with Crippen LogP contribution in [0.2, 0.25) is 0 Å². The van der Waals surface area contributed by atoms with Crippen molar-refractivity contribution in [3.63, 3.8) is 0 Å². The van der Waals surface area contributed by atoms with Gasteiger partial charge in [0.15, 0.2) is 5.96 Å². The second kappa shape index (κ2) is 5.91. The van der Waals surface area contributed by atoms with Gasteiger partial charge < -0.3 is 27.4 Å². The van der Waals surface area contributed by atoms with Gasteiger partial charge in [0.25, 0.3) is 0 Å². The number of carbonyl (C=O) groups is 1. The van der Waals surface area contributed by atoms with Gasteiger partial charge in [-0.15, -0.1) is 0 Å². The van der Waals surface area contributed by atoms with Crippen LogP contribution in [0.4, 0.5) is 11.4 Å². The fourth-order valence-electron chi connectivity index (χ4n) is 1.95. The van der Waals surface area contributed by atoms with Gasteiger partial charge >= 0.3 is 0 Å². The second-order valence-electron chi connectivity index (χ2n) is 4.27. The van der Waals surface area contributed by atoms with E-state index in [0.717, 1.165) is 5.69 Å². The largest absolute Gasteiger partial charge is 0.370 e. The van der Waals surface area contributed by atoms with Crippen molar-refractivity contribution in [2.45, 2.75) is 0 Å². The van der Waals surface area contributed by atoms with Gasteiger partial charge in [0.05, 0.1) is 17.9 Å². The van der Waals surface area contributed by atoms with E-state index in [1.807, 2.05) is 23.1 Å². The normalized spacial score (nSPS) is 15.7. The van der Waals surface area contributed by atoms with Crippen molar-refractivity contribution in [2.75, 3.05) is 24.5 Å². The number of nitrogens with one attached hydrogen (secondary N) is 1. The monoisotopic (exact) mass is 275 g/mol. The number of amides is 1. The van der Waals surface area contributed by atoms with Crippen LogP contribution in [-0.2, 0) is 4.79 Å². The number of benzene rings is 1. The molecule has 8 heteroatoms. The summed E-state index contributed by atoms with van der Waals surface area (Å²) in [5.74, 6) is -0.202. The van der Waals surface area contributed by atoms with Crippen molar-refractivity contribution >= 4 is 29.2 Å². The molecule has 0 bridgehead atoms. The summed E-state index contributed by atoms with van der Waals surface area (Å²) in [7, 11) is 0. The predicted molar refractivity (Wildman–Crippen MR) is 78.8 cm³/mol. The molecule has 0 unspecified atom stereocenters. The Labute approximate surface area is 116 Å². The molecule has 8 nitrogen and oxygen atoms in total. The third kappa shape index (κ3) is 3.37. The fourth-order valence-corrected chi connectivity index (χ4v) is 1.95. The molecule has 0 saturated carbocycles. The molecule has 0 radical (unpaired) electrons. The topological polar surface area (TPSA) is 135 Å². The summed E-state index contributed by atoms with van der Waals surface area (Å²) in [5, 5.41) is 2.77. The highest BCUT2D eigenvalue weighted by molar-refractivity contribution is 5.94. The minimum Gasteiger partial charge on any atom is -0.370 e. The maximum atomic E-state index is 11.5. The lowest BCUT2D eigenvalue weighted by Crippen LogP contribution is -2.47. The molecule has 20 heavy (non-hydrogen) atoms. The Morgan fingerprint density at radius 3 is 2.70 bits per heavy atom. The van der Waals surface area contributed by atoms with Gasteiger partial charge in [0.1, 0.15) is 0 Å². The summed E-state index contributed by atoms with van der Waals surface area (Å²) >= 11 is 0. The lowest BCUT2D eigenvalue weighted by molar-refractivity contribution is -0.120. The van der Waals surface area contributed by atoms with Crippen LogP contribution in [0, 0.1) is 0 Å². The average Bonchev–Trinajstić information content (AvgIpc) is 2.38. The smallest absolute Gasteiger partial charge is 0.239 e. The molecular weight excluding hydrogens is 258 g/mol. The predicted octanol–water partition coefficient (Wildman–Crippen LogP) is -1.16. The van der Waals surface area contributed by atoms with Crippen molar-refractivity contribution in [1.82, 2.24) is 5.32 Å². The number of para-hydroxylation sites is 2. The van der Waals surface area contributed by atoms with E-state index in [4.69, 9.17) is 17.2 Å². The SMILES string of the molecule is NC(N)=NC(N)=Nc1ccccc1N1CCNC(=O)C1. The molecule has 1 aromatic rings. The maximum Gasteiger partial charge on any atom is 0.239 e. The lowest BCUT2D eigenvalue weighted by Gasteiger charge is -2.29. The van der Waals surface area contributed by atoms with Crippen molar-refractivity contribution in [3.05, 3.63) is 24.3 Å². The van der Waals surface area contributed by atoms with Crippen LogP contribution in [-0.4, -0.2) is 37.5 Å². The molecule has 1 aliphatic heterocycles. The number of hydrogen-bond donors (Lipinski definition) is 4. The number of nitrogens with two attached hydrogens (primary N) is 3. The summed E-state index contributed by atoms with van der Waals surface area (Å²) in [6.07, 6.45) is 0. The van der Waals surface area contributed by atoms with Gasteiger partial charge in [-0.05, 0) is 12.1 Å². The molecule has 1 saturated heterocycles. The van der Waals surface area contributed by atoms with Crippen molar-refractivity contribution in [2.24, 2.45) is 27.2 Å². The number of rotatable bonds is 2. The molecule has 0 atom stereocenters. The van der Waals surface area contributed by atoms with Gasteiger partial charge in [-0.1, -0.05) is 12.1 Å². The summed E-state index contributed by atoms with van der Waals surface area (Å²) in [4.78, 5) is 21.2. The van der Waals surface area contributed by atoms with E-state index in [0.29, 0.717) is 18.8 Å². The van der Waals surface area contributed by atoms with Crippen LogP contribution in [0.15, 0.2) is 34.3 Å². The number of guanidine groups is 2. The van der Waals surface area contributed by atoms with Crippen molar-refractivity contribution in [1.29, 1.82) is 0 Å². The minimum absolute atomic E-state index is 0.0211. The van der Waals surface area contributed by atoms with Crippen LogP contribution in [0.3, 0.4) is 0 Å². The second-order valence-corrected chi connectivity index (χ2v) is 4.27. The van der Waals surface area contributed by atoms with Gasteiger partial charge in [-0.3, -0.25) is 4.79 Å². The Kier molecular flexibility index (Phi) is 4.04. The zero-order valence-electron chi connectivity index (χ0n) is 10.9. The number of nitrogens with zero attached hydrogens (tertiary/aromatic N) is 3. The molecule has 1 aliphatic rings. The molecule has 0 spiro atoms. The first kappa shape index (κ1) is 13.7. The Morgan fingerprint density at radius 1 is 1.25 bits per heavy atom. The van der Waals surface area contributed by atoms with E-state index < -0.39 is 0 Å². The van der Waals surface area contributed by atoms with Crippen molar-refractivity contribution < 1.29 is 4.79 Å². The zero-order valence-corrected chi connectivity index (χ0v) is 10.9. The molecule has 2 rings (SSSR count). The van der Waals surface area contributed by atoms with E-state index in [-0.39, 0.29) is 24.4 Å². The molecule has 0 aromatic heterocycles. The number of hydrogen-bond acceptors (Lipinski definition) is 3. The van der Waals surface area contributed by atoms with Gasteiger partial charge in [-0.2, -0.15) is 4.99 Å². The van der Waals surface area contributed by atoms with E-state index in [2.05, 4.69) is 15.3 Å².